The van der Waals surface area contributed by atoms with E-state index >= 15 is 0 Å². The largest absolute Gasteiger partial charge is 0.362 e. The molecule has 2 rings (SSSR count). The van der Waals surface area contributed by atoms with E-state index in [0.29, 0.717) is 18.2 Å². The summed E-state index contributed by atoms with van der Waals surface area (Å²) in [6.07, 6.45) is 0.411. The Bertz CT molecular complexity index is 427. The first-order valence-corrected chi connectivity index (χ1v) is 5.84. The van der Waals surface area contributed by atoms with E-state index in [9.17, 15) is 4.39 Å². The molecule has 17 heavy (non-hydrogen) atoms. The molecule has 0 amide bonds. The summed E-state index contributed by atoms with van der Waals surface area (Å²) in [6.45, 7) is 3.52. The zero-order valence-electron chi connectivity index (χ0n) is 9.86. The average molecular weight is 233 g/mol. The lowest BCUT2D eigenvalue weighted by molar-refractivity contribution is 0.407. The molecule has 2 atom stereocenters. The number of hydrogen-bond donors (Lipinski definition) is 1. The van der Waals surface area contributed by atoms with Crippen LogP contribution in [0.2, 0.25) is 0 Å². The monoisotopic (exact) mass is 233 g/mol. The molecule has 0 bridgehead atoms. The maximum Gasteiger partial charge on any atom is 0.146 e. The second-order valence-electron chi connectivity index (χ2n) is 4.43. The number of benzene rings is 1. The molecule has 0 aliphatic carbocycles. The van der Waals surface area contributed by atoms with Crippen molar-refractivity contribution in [3.8, 4) is 6.07 Å². The first-order chi connectivity index (χ1) is 8.22. The van der Waals surface area contributed by atoms with Gasteiger partial charge < -0.3 is 10.2 Å². The summed E-state index contributed by atoms with van der Waals surface area (Å²) >= 11 is 0. The van der Waals surface area contributed by atoms with E-state index in [-0.39, 0.29) is 11.9 Å². The topological polar surface area (TPSA) is 39.1 Å². The number of halogens is 1. The molecule has 1 aliphatic rings. The molecule has 4 heteroatoms. The fourth-order valence-corrected chi connectivity index (χ4v) is 2.22. The summed E-state index contributed by atoms with van der Waals surface area (Å²) in [5.74, 6) is -0.218. The average Bonchev–Trinajstić information content (AvgIpc) is 2.32. The molecule has 1 N–H and O–H groups in total. The lowest BCUT2D eigenvalue weighted by Gasteiger charge is -2.40. The third kappa shape index (κ3) is 2.56. The zero-order chi connectivity index (χ0) is 12.3. The number of rotatable bonds is 2. The first-order valence-electron chi connectivity index (χ1n) is 5.84. The van der Waals surface area contributed by atoms with Crippen LogP contribution in [-0.4, -0.2) is 25.2 Å². The first kappa shape index (κ1) is 11.9. The maximum absolute atomic E-state index is 13.8. The normalized spacial score (nSPS) is 24.4. The summed E-state index contributed by atoms with van der Waals surface area (Å²) in [7, 11) is 0. The second-order valence-corrected chi connectivity index (χ2v) is 4.43. The highest BCUT2D eigenvalue weighted by atomic mass is 19.1. The molecule has 1 heterocycles. The number of nitriles is 1. The fraction of sp³-hybridized carbons (Fsp3) is 0.462. The van der Waals surface area contributed by atoms with E-state index < -0.39 is 0 Å². The van der Waals surface area contributed by atoms with Gasteiger partial charge >= 0.3 is 0 Å². The predicted octanol–water partition coefficient (Wildman–Crippen LogP) is 1.91. The van der Waals surface area contributed by atoms with Gasteiger partial charge in [-0.05, 0) is 19.1 Å². The molecule has 1 fully saturated rings. The molecule has 2 unspecified atom stereocenters. The Hall–Kier alpha value is -1.60. The van der Waals surface area contributed by atoms with Gasteiger partial charge in [0.2, 0.25) is 0 Å². The minimum atomic E-state index is -0.218. The third-order valence-electron chi connectivity index (χ3n) is 3.10. The van der Waals surface area contributed by atoms with Gasteiger partial charge in [-0.1, -0.05) is 12.1 Å². The third-order valence-corrected chi connectivity index (χ3v) is 3.10. The Kier molecular flexibility index (Phi) is 3.60. The van der Waals surface area contributed by atoms with Crippen LogP contribution in [0.5, 0.6) is 0 Å². The Balaban J connectivity index is 2.26. The van der Waals surface area contributed by atoms with Crippen LogP contribution in [0.25, 0.3) is 0 Å². The van der Waals surface area contributed by atoms with Gasteiger partial charge in [0.05, 0.1) is 24.2 Å². The molecule has 0 radical (unpaired) electrons. The smallest absolute Gasteiger partial charge is 0.146 e. The molecule has 1 aliphatic heterocycles. The van der Waals surface area contributed by atoms with Crippen molar-refractivity contribution in [1.29, 1.82) is 5.26 Å². The van der Waals surface area contributed by atoms with Gasteiger partial charge in [-0.3, -0.25) is 0 Å². The van der Waals surface area contributed by atoms with E-state index in [1.54, 1.807) is 12.1 Å². The summed E-state index contributed by atoms with van der Waals surface area (Å²) in [6, 6.07) is 9.28. The summed E-state index contributed by atoms with van der Waals surface area (Å²) in [5.41, 5.74) is 0.598. The van der Waals surface area contributed by atoms with Gasteiger partial charge in [0.25, 0.3) is 0 Å². The highest BCUT2D eigenvalue weighted by Crippen LogP contribution is 2.24. The maximum atomic E-state index is 13.8. The molecular weight excluding hydrogens is 217 g/mol. The van der Waals surface area contributed by atoms with Crippen molar-refractivity contribution in [3.05, 3.63) is 30.1 Å². The highest BCUT2D eigenvalue weighted by Gasteiger charge is 2.27. The summed E-state index contributed by atoms with van der Waals surface area (Å²) in [5, 5.41) is 12.1. The number of hydrogen-bond acceptors (Lipinski definition) is 3. The SMILES string of the molecule is CC1CN(c2ccccc2F)C(CC#N)CN1. The van der Waals surface area contributed by atoms with E-state index in [1.165, 1.54) is 6.07 Å². The number of anilines is 1. The van der Waals surface area contributed by atoms with Crippen molar-refractivity contribution in [3.63, 3.8) is 0 Å². The Morgan fingerprint density at radius 1 is 1.53 bits per heavy atom. The molecular formula is C13H16FN3. The van der Waals surface area contributed by atoms with Crippen LogP contribution in [0.1, 0.15) is 13.3 Å². The van der Waals surface area contributed by atoms with Gasteiger partial charge in [0.1, 0.15) is 5.82 Å². The summed E-state index contributed by atoms with van der Waals surface area (Å²) in [4.78, 5) is 2.00. The minimum Gasteiger partial charge on any atom is -0.362 e. The Morgan fingerprint density at radius 2 is 2.29 bits per heavy atom. The van der Waals surface area contributed by atoms with Crippen LogP contribution in [0.3, 0.4) is 0 Å². The molecule has 0 spiro atoms. The summed E-state index contributed by atoms with van der Waals surface area (Å²) < 4.78 is 13.8. The van der Waals surface area contributed by atoms with Crippen molar-refractivity contribution < 1.29 is 4.39 Å². The number of nitrogens with one attached hydrogen (secondary N) is 1. The Morgan fingerprint density at radius 3 is 3.00 bits per heavy atom. The number of nitrogens with zero attached hydrogens (tertiary/aromatic N) is 2. The number of piperazine rings is 1. The van der Waals surface area contributed by atoms with Crippen molar-refractivity contribution in [1.82, 2.24) is 5.32 Å². The fourth-order valence-electron chi connectivity index (χ4n) is 2.22. The zero-order valence-corrected chi connectivity index (χ0v) is 9.86. The van der Waals surface area contributed by atoms with E-state index in [2.05, 4.69) is 18.3 Å². The van der Waals surface area contributed by atoms with Gasteiger partial charge in [0.15, 0.2) is 0 Å². The van der Waals surface area contributed by atoms with Gasteiger partial charge in [-0.2, -0.15) is 5.26 Å². The van der Waals surface area contributed by atoms with Crippen LogP contribution in [0, 0.1) is 17.1 Å². The molecule has 90 valence electrons. The van der Waals surface area contributed by atoms with Gasteiger partial charge in [-0.15, -0.1) is 0 Å². The van der Waals surface area contributed by atoms with E-state index in [1.807, 2.05) is 11.0 Å². The van der Waals surface area contributed by atoms with Crippen LogP contribution >= 0.6 is 0 Å². The van der Waals surface area contributed by atoms with E-state index in [4.69, 9.17) is 5.26 Å². The van der Waals surface area contributed by atoms with Crippen molar-refractivity contribution in [2.75, 3.05) is 18.0 Å². The predicted molar refractivity (Wildman–Crippen MR) is 65.2 cm³/mol. The molecule has 1 aromatic rings. The van der Waals surface area contributed by atoms with Crippen molar-refractivity contribution in [2.24, 2.45) is 0 Å². The molecule has 1 aromatic carbocycles. The van der Waals surface area contributed by atoms with Crippen molar-refractivity contribution >= 4 is 5.69 Å². The molecule has 3 nitrogen and oxygen atoms in total. The second kappa shape index (κ2) is 5.15. The standard InChI is InChI=1S/C13H16FN3/c1-10-9-17(11(6-7-15)8-16-10)13-5-3-2-4-12(13)14/h2-5,10-11,16H,6,8-9H2,1H3. The van der Waals surface area contributed by atoms with Crippen LogP contribution in [-0.2, 0) is 0 Å². The van der Waals surface area contributed by atoms with Gasteiger partial charge in [-0.25, -0.2) is 4.39 Å². The van der Waals surface area contributed by atoms with Crippen molar-refractivity contribution in [2.45, 2.75) is 25.4 Å². The lowest BCUT2D eigenvalue weighted by atomic mass is 10.1. The number of para-hydroxylation sites is 1. The lowest BCUT2D eigenvalue weighted by Crippen LogP contribution is -2.55. The molecule has 1 saturated heterocycles. The quantitative estimate of drug-likeness (QED) is 0.848. The Labute approximate surface area is 101 Å². The highest BCUT2D eigenvalue weighted by molar-refractivity contribution is 5.49. The van der Waals surface area contributed by atoms with Gasteiger partial charge in [0, 0.05) is 19.1 Å². The van der Waals surface area contributed by atoms with E-state index in [0.717, 1.165) is 13.1 Å². The molecule has 0 saturated carbocycles. The van der Waals surface area contributed by atoms with Crippen LogP contribution in [0.15, 0.2) is 24.3 Å². The van der Waals surface area contributed by atoms with Crippen LogP contribution in [0.4, 0.5) is 10.1 Å². The minimum absolute atomic E-state index is 0.0492. The van der Waals surface area contributed by atoms with Crippen LogP contribution < -0.4 is 10.2 Å². The molecule has 0 aromatic heterocycles.